The second kappa shape index (κ2) is 14.2. The number of nitrogens with zero attached hydrogens (tertiary/aromatic N) is 4. The second-order valence-electron chi connectivity index (χ2n) is 11.3. The van der Waals surface area contributed by atoms with Crippen molar-refractivity contribution < 1.29 is 14.3 Å². The van der Waals surface area contributed by atoms with Gasteiger partial charge in [0.25, 0.3) is 0 Å². The van der Waals surface area contributed by atoms with E-state index in [2.05, 4.69) is 16.0 Å². The molecule has 2 fully saturated rings. The lowest BCUT2D eigenvalue weighted by Crippen LogP contribution is -2.38. The number of hydrogen-bond acceptors (Lipinski definition) is 6. The van der Waals surface area contributed by atoms with Crippen molar-refractivity contribution >= 4 is 46.5 Å². The van der Waals surface area contributed by atoms with E-state index in [1.807, 2.05) is 54.3 Å². The second-order valence-corrected chi connectivity index (χ2v) is 12.5. The minimum absolute atomic E-state index is 0.0673. The minimum atomic E-state index is -0.808. The summed E-state index contributed by atoms with van der Waals surface area (Å²) in [5, 5.41) is 11.6. The van der Waals surface area contributed by atoms with Crippen molar-refractivity contribution in [1.29, 1.82) is 5.26 Å². The van der Waals surface area contributed by atoms with Crippen molar-refractivity contribution in [3.8, 4) is 11.8 Å². The van der Waals surface area contributed by atoms with Crippen LogP contribution in [0.4, 0.5) is 5.82 Å². The standard InChI is InChI=1S/C33H35Cl3N4O3/c1-21-13-29(35)32(30(36)14-21)43-27-9-11-39(20-27)31-8-4-23(18-38-31)16-24(17-37)33(41)40(26-5-6-26)19-25-15-22(10-12-42-2)3-7-28(25)34/h3-4,7-8,13-15,18,24,26-27H,5-6,9-12,16,19-20H2,1-2H3/t24?,27-/m1/s1. The first-order valence-electron chi connectivity index (χ1n) is 14.5. The number of halogens is 3. The van der Waals surface area contributed by atoms with Gasteiger partial charge in [0.15, 0.2) is 5.75 Å². The van der Waals surface area contributed by atoms with E-state index in [9.17, 15) is 10.1 Å². The highest BCUT2D eigenvalue weighted by molar-refractivity contribution is 6.37. The van der Waals surface area contributed by atoms with Crippen LogP contribution >= 0.6 is 34.8 Å². The molecule has 1 aliphatic heterocycles. The number of methoxy groups -OCH3 is 1. The zero-order valence-corrected chi connectivity index (χ0v) is 26.6. The molecule has 1 unspecified atom stereocenters. The molecule has 2 heterocycles. The average molecular weight is 642 g/mol. The summed E-state index contributed by atoms with van der Waals surface area (Å²) in [7, 11) is 1.67. The fraction of sp³-hybridized carbons (Fsp3) is 0.424. The van der Waals surface area contributed by atoms with Crippen molar-refractivity contribution in [2.24, 2.45) is 5.92 Å². The Balaban J connectivity index is 1.20. The zero-order chi connectivity index (χ0) is 30.5. The summed E-state index contributed by atoms with van der Waals surface area (Å²) in [6.45, 7) is 4.36. The first-order valence-corrected chi connectivity index (χ1v) is 15.7. The molecule has 43 heavy (non-hydrogen) atoms. The van der Waals surface area contributed by atoms with Crippen LogP contribution in [0.5, 0.6) is 5.75 Å². The summed E-state index contributed by atoms with van der Waals surface area (Å²) in [4.78, 5) is 22.3. The average Bonchev–Trinajstić information content (AvgIpc) is 3.73. The van der Waals surface area contributed by atoms with Gasteiger partial charge in [0.1, 0.15) is 17.8 Å². The number of carbonyl (C=O) groups is 1. The van der Waals surface area contributed by atoms with Gasteiger partial charge >= 0.3 is 0 Å². The fourth-order valence-corrected chi connectivity index (χ4v) is 6.29. The molecule has 226 valence electrons. The van der Waals surface area contributed by atoms with Crippen molar-refractivity contribution in [3.63, 3.8) is 0 Å². The molecule has 1 saturated carbocycles. The van der Waals surface area contributed by atoms with Crippen LogP contribution in [-0.4, -0.2) is 54.7 Å². The van der Waals surface area contributed by atoms with Crippen molar-refractivity contribution in [1.82, 2.24) is 9.88 Å². The third-order valence-corrected chi connectivity index (χ3v) is 8.85. The molecule has 0 N–H and O–H groups in total. The number of aromatic nitrogens is 1. The number of carbonyl (C=O) groups excluding carboxylic acids is 1. The van der Waals surface area contributed by atoms with Gasteiger partial charge in [0.05, 0.1) is 29.3 Å². The lowest BCUT2D eigenvalue weighted by atomic mass is 9.99. The van der Waals surface area contributed by atoms with Gasteiger partial charge in [0.2, 0.25) is 5.91 Å². The Kier molecular flexibility index (Phi) is 10.4. The molecule has 7 nitrogen and oxygen atoms in total. The highest BCUT2D eigenvalue weighted by Gasteiger charge is 2.36. The van der Waals surface area contributed by atoms with Gasteiger partial charge in [0, 0.05) is 43.9 Å². The number of anilines is 1. The number of amides is 1. The summed E-state index contributed by atoms with van der Waals surface area (Å²) in [5.41, 5.74) is 3.81. The Morgan fingerprint density at radius 3 is 2.49 bits per heavy atom. The maximum atomic E-state index is 13.6. The van der Waals surface area contributed by atoms with E-state index in [0.717, 1.165) is 60.3 Å². The Hall–Kier alpha value is -3.02. The summed E-state index contributed by atoms with van der Waals surface area (Å²) in [6.07, 6.45) is 5.43. The Bertz CT molecular complexity index is 1470. The van der Waals surface area contributed by atoms with Gasteiger partial charge < -0.3 is 19.3 Å². The predicted octanol–water partition coefficient (Wildman–Crippen LogP) is 7.07. The molecule has 3 aromatic rings. The lowest BCUT2D eigenvalue weighted by molar-refractivity contribution is -0.135. The number of aryl methyl sites for hydroxylation is 1. The van der Waals surface area contributed by atoms with Crippen LogP contribution in [-0.2, 0) is 28.9 Å². The van der Waals surface area contributed by atoms with Crippen LogP contribution in [0.15, 0.2) is 48.7 Å². The van der Waals surface area contributed by atoms with Gasteiger partial charge in [-0.25, -0.2) is 4.98 Å². The topological polar surface area (TPSA) is 78.7 Å². The molecular formula is C33H35Cl3N4O3. The highest BCUT2D eigenvalue weighted by Crippen LogP contribution is 2.36. The van der Waals surface area contributed by atoms with Crippen molar-refractivity contribution in [2.75, 3.05) is 31.7 Å². The zero-order valence-electron chi connectivity index (χ0n) is 24.4. The van der Waals surface area contributed by atoms with Crippen LogP contribution in [0.3, 0.4) is 0 Å². The number of benzene rings is 2. The highest BCUT2D eigenvalue weighted by atomic mass is 35.5. The Morgan fingerprint density at radius 1 is 1.09 bits per heavy atom. The molecule has 2 aliphatic rings. The monoisotopic (exact) mass is 640 g/mol. The summed E-state index contributed by atoms with van der Waals surface area (Å²) in [6, 6.07) is 15.8. The molecule has 0 spiro atoms. The van der Waals surface area contributed by atoms with E-state index < -0.39 is 5.92 Å². The summed E-state index contributed by atoms with van der Waals surface area (Å²) in [5.74, 6) is 0.355. The molecule has 1 amide bonds. The van der Waals surface area contributed by atoms with E-state index in [-0.39, 0.29) is 18.1 Å². The smallest absolute Gasteiger partial charge is 0.240 e. The van der Waals surface area contributed by atoms with Gasteiger partial charge in [-0.05, 0) is 79.1 Å². The van der Waals surface area contributed by atoms with Crippen LogP contribution in [0.2, 0.25) is 15.1 Å². The van der Waals surface area contributed by atoms with Gasteiger partial charge in [-0.3, -0.25) is 4.79 Å². The van der Waals surface area contributed by atoms with Gasteiger partial charge in [-0.2, -0.15) is 5.26 Å². The third kappa shape index (κ3) is 7.93. The predicted molar refractivity (Wildman–Crippen MR) is 170 cm³/mol. The van der Waals surface area contributed by atoms with Gasteiger partial charge in [-0.1, -0.05) is 53.0 Å². The lowest BCUT2D eigenvalue weighted by Gasteiger charge is -2.26. The molecule has 0 radical (unpaired) electrons. The number of pyridine rings is 1. The van der Waals surface area contributed by atoms with E-state index >= 15 is 0 Å². The van der Waals surface area contributed by atoms with E-state index in [1.165, 1.54) is 0 Å². The number of rotatable bonds is 12. The van der Waals surface area contributed by atoms with Crippen LogP contribution in [0.1, 0.15) is 41.5 Å². The molecule has 0 bridgehead atoms. The molecule has 5 rings (SSSR count). The molecule has 1 aromatic heterocycles. The molecule has 2 atom stereocenters. The Morgan fingerprint density at radius 2 is 1.84 bits per heavy atom. The maximum absolute atomic E-state index is 13.6. The molecule has 10 heteroatoms. The number of hydrogen-bond donors (Lipinski definition) is 0. The van der Waals surface area contributed by atoms with E-state index in [1.54, 1.807) is 13.3 Å². The first-order chi connectivity index (χ1) is 20.7. The largest absolute Gasteiger partial charge is 0.485 e. The molecule has 2 aromatic carbocycles. The number of nitriles is 1. The normalized spacial score (nSPS) is 17.0. The minimum Gasteiger partial charge on any atom is -0.485 e. The number of ether oxygens (including phenoxy) is 2. The summed E-state index contributed by atoms with van der Waals surface area (Å²) < 4.78 is 11.4. The van der Waals surface area contributed by atoms with Gasteiger partial charge in [-0.15, -0.1) is 0 Å². The fourth-order valence-electron chi connectivity index (χ4n) is 5.43. The summed E-state index contributed by atoms with van der Waals surface area (Å²) >= 11 is 19.3. The van der Waals surface area contributed by atoms with E-state index in [0.29, 0.717) is 46.9 Å². The van der Waals surface area contributed by atoms with Crippen LogP contribution in [0.25, 0.3) is 0 Å². The molecular weight excluding hydrogens is 607 g/mol. The van der Waals surface area contributed by atoms with E-state index in [4.69, 9.17) is 44.3 Å². The van der Waals surface area contributed by atoms with Crippen molar-refractivity contribution in [2.45, 2.75) is 57.7 Å². The Labute approximate surface area is 268 Å². The SMILES string of the molecule is COCCc1ccc(Cl)c(CN(C(=O)C(C#N)Cc2ccc(N3CC[C@@H](Oc4c(Cl)cc(C)cc4Cl)C3)nc2)C2CC2)c1. The van der Waals surface area contributed by atoms with Crippen molar-refractivity contribution in [3.05, 3.63) is 86.0 Å². The van der Waals surface area contributed by atoms with Crippen LogP contribution in [0, 0.1) is 24.2 Å². The molecule has 1 aliphatic carbocycles. The van der Waals surface area contributed by atoms with Crippen LogP contribution < -0.4 is 9.64 Å². The quantitative estimate of drug-likeness (QED) is 0.211. The first kappa shape index (κ1) is 31.4. The molecule has 1 saturated heterocycles. The third-order valence-electron chi connectivity index (χ3n) is 7.92. The maximum Gasteiger partial charge on any atom is 0.240 e.